The SMILES string of the molecule is Oc1c(Br)cc(-c2cnc(OC(c3cccc(C(F)(F)F)c3)c3cccc(C(F)(F)F)c3)nn2)cc1Br. The molecule has 0 spiro atoms. The van der Waals surface area contributed by atoms with Gasteiger partial charge in [0.05, 0.1) is 26.3 Å². The molecule has 0 amide bonds. The monoisotopic (exact) mass is 647 g/mol. The number of ether oxygens (including phenoxy) is 1. The fourth-order valence-electron chi connectivity index (χ4n) is 3.35. The van der Waals surface area contributed by atoms with Gasteiger partial charge in [0.15, 0.2) is 6.10 Å². The maximum Gasteiger partial charge on any atom is 0.416 e. The molecule has 0 atom stereocenters. The highest BCUT2D eigenvalue weighted by atomic mass is 79.9. The van der Waals surface area contributed by atoms with Gasteiger partial charge in [-0.1, -0.05) is 29.4 Å². The summed E-state index contributed by atoms with van der Waals surface area (Å²) in [6, 6.07) is 10.9. The Labute approximate surface area is 222 Å². The van der Waals surface area contributed by atoms with Crippen molar-refractivity contribution in [2.75, 3.05) is 0 Å². The van der Waals surface area contributed by atoms with Crippen LogP contribution in [0.3, 0.4) is 0 Å². The van der Waals surface area contributed by atoms with Crippen LogP contribution in [-0.4, -0.2) is 20.3 Å². The highest BCUT2D eigenvalue weighted by Crippen LogP contribution is 2.38. The van der Waals surface area contributed by atoms with Crippen molar-refractivity contribution in [2.45, 2.75) is 18.5 Å². The van der Waals surface area contributed by atoms with Gasteiger partial charge in [-0.15, -0.1) is 5.10 Å². The van der Waals surface area contributed by atoms with E-state index in [2.05, 4.69) is 47.0 Å². The number of phenolic OH excluding ortho intramolecular Hbond substituents is 1. The predicted octanol–water partition coefficient (Wildman–Crippen LogP) is 7.98. The van der Waals surface area contributed by atoms with Crippen LogP contribution in [0, 0.1) is 0 Å². The van der Waals surface area contributed by atoms with Crippen LogP contribution in [0.25, 0.3) is 11.3 Å². The molecule has 192 valence electrons. The van der Waals surface area contributed by atoms with E-state index in [4.69, 9.17) is 4.74 Å². The van der Waals surface area contributed by atoms with E-state index in [0.717, 1.165) is 36.4 Å². The molecular formula is C24H13Br2F6N3O2. The fourth-order valence-corrected chi connectivity index (χ4v) is 4.54. The van der Waals surface area contributed by atoms with Gasteiger partial charge < -0.3 is 9.84 Å². The summed E-state index contributed by atoms with van der Waals surface area (Å²) in [5.41, 5.74) is -1.34. The Hall–Kier alpha value is -3.19. The van der Waals surface area contributed by atoms with Crippen LogP contribution in [0.15, 0.2) is 75.8 Å². The average Bonchev–Trinajstić information content (AvgIpc) is 2.85. The lowest BCUT2D eigenvalue weighted by molar-refractivity contribution is -0.138. The lowest BCUT2D eigenvalue weighted by atomic mass is 9.97. The fraction of sp³-hybridized carbons (Fsp3) is 0.125. The number of aromatic nitrogens is 3. The summed E-state index contributed by atoms with van der Waals surface area (Å²) >= 11 is 6.40. The molecule has 0 aliphatic heterocycles. The Balaban J connectivity index is 1.73. The first-order valence-corrected chi connectivity index (χ1v) is 11.8. The third-order valence-electron chi connectivity index (χ3n) is 5.11. The molecule has 5 nitrogen and oxygen atoms in total. The summed E-state index contributed by atoms with van der Waals surface area (Å²) < 4.78 is 86.4. The van der Waals surface area contributed by atoms with Gasteiger partial charge in [-0.05, 0) is 79.4 Å². The first-order valence-electron chi connectivity index (χ1n) is 10.2. The largest absolute Gasteiger partial charge is 0.506 e. The third-order valence-corrected chi connectivity index (χ3v) is 6.32. The molecule has 3 aromatic carbocycles. The van der Waals surface area contributed by atoms with Gasteiger partial charge in [-0.2, -0.15) is 26.3 Å². The van der Waals surface area contributed by atoms with Gasteiger partial charge >= 0.3 is 18.4 Å². The molecule has 0 aliphatic rings. The van der Waals surface area contributed by atoms with Crippen LogP contribution >= 0.6 is 31.9 Å². The van der Waals surface area contributed by atoms with E-state index in [-0.39, 0.29) is 28.6 Å². The Kier molecular flexibility index (Phi) is 7.47. The molecule has 0 bridgehead atoms. The summed E-state index contributed by atoms with van der Waals surface area (Å²) in [6.07, 6.45) is -9.50. The molecule has 13 heteroatoms. The number of benzene rings is 3. The quantitative estimate of drug-likeness (QED) is 0.222. The van der Waals surface area contributed by atoms with Crippen molar-refractivity contribution in [1.29, 1.82) is 0 Å². The zero-order valence-corrected chi connectivity index (χ0v) is 21.3. The maximum atomic E-state index is 13.3. The number of nitrogens with zero attached hydrogens (tertiary/aromatic N) is 3. The summed E-state index contributed by atoms with van der Waals surface area (Å²) in [5.74, 6) is -0.0327. The Morgan fingerprint density at radius 2 is 1.27 bits per heavy atom. The second kappa shape index (κ2) is 10.3. The minimum atomic E-state index is -4.68. The molecular weight excluding hydrogens is 636 g/mol. The van der Waals surface area contributed by atoms with Crippen LogP contribution in [0.4, 0.5) is 26.3 Å². The standard InChI is InChI=1S/C24H13Br2F6N3O2/c25-17-9-14(10-18(26)20(17)36)19-11-33-22(35-34-19)37-21(12-3-1-5-15(7-12)23(27,28)29)13-4-2-6-16(8-13)24(30,31)32/h1-11,21,36H. The molecule has 1 aromatic heterocycles. The number of hydrogen-bond acceptors (Lipinski definition) is 5. The maximum absolute atomic E-state index is 13.3. The second-order valence-corrected chi connectivity index (χ2v) is 9.37. The zero-order valence-electron chi connectivity index (χ0n) is 18.1. The molecule has 0 fully saturated rings. The van der Waals surface area contributed by atoms with Crippen LogP contribution in [0.1, 0.15) is 28.4 Å². The van der Waals surface area contributed by atoms with Gasteiger partial charge in [-0.3, -0.25) is 0 Å². The van der Waals surface area contributed by atoms with Crippen molar-refractivity contribution >= 4 is 31.9 Å². The lowest BCUT2D eigenvalue weighted by Crippen LogP contribution is -2.15. The van der Waals surface area contributed by atoms with Crippen LogP contribution in [-0.2, 0) is 12.4 Å². The Morgan fingerprint density at radius 3 is 1.70 bits per heavy atom. The molecule has 1 heterocycles. The number of phenols is 1. The van der Waals surface area contributed by atoms with Gasteiger partial charge in [0.2, 0.25) is 0 Å². The highest BCUT2D eigenvalue weighted by molar-refractivity contribution is 9.11. The van der Waals surface area contributed by atoms with E-state index in [0.29, 0.717) is 14.5 Å². The van der Waals surface area contributed by atoms with Gasteiger partial charge in [0.25, 0.3) is 0 Å². The molecule has 0 aliphatic carbocycles. The van der Waals surface area contributed by atoms with E-state index in [9.17, 15) is 31.4 Å². The third kappa shape index (κ3) is 6.21. The van der Waals surface area contributed by atoms with E-state index < -0.39 is 29.6 Å². The normalized spacial score (nSPS) is 12.1. The summed E-state index contributed by atoms with van der Waals surface area (Å²) in [5, 5.41) is 17.7. The van der Waals surface area contributed by atoms with Gasteiger partial charge in [0.1, 0.15) is 11.4 Å². The van der Waals surface area contributed by atoms with Crippen LogP contribution < -0.4 is 4.74 Å². The molecule has 1 N–H and O–H groups in total. The molecule has 4 aromatic rings. The van der Waals surface area contributed by atoms with Gasteiger partial charge in [0, 0.05) is 5.56 Å². The lowest BCUT2D eigenvalue weighted by Gasteiger charge is -2.21. The van der Waals surface area contributed by atoms with Crippen LogP contribution in [0.2, 0.25) is 0 Å². The number of rotatable bonds is 5. The molecule has 0 saturated carbocycles. The number of halogens is 8. The highest BCUT2D eigenvalue weighted by Gasteiger charge is 2.33. The molecule has 4 rings (SSSR count). The minimum Gasteiger partial charge on any atom is -0.506 e. The first-order chi connectivity index (χ1) is 17.3. The Morgan fingerprint density at radius 1 is 0.757 bits per heavy atom. The number of alkyl halides is 6. The molecule has 0 radical (unpaired) electrons. The van der Waals surface area contributed by atoms with Crippen molar-refractivity contribution in [2.24, 2.45) is 0 Å². The van der Waals surface area contributed by atoms with E-state index >= 15 is 0 Å². The summed E-state index contributed by atoms with van der Waals surface area (Å²) in [4.78, 5) is 4.04. The average molecular weight is 649 g/mol. The first kappa shape index (κ1) is 26.9. The van der Waals surface area contributed by atoms with Crippen molar-refractivity contribution in [3.05, 3.63) is 98.1 Å². The smallest absolute Gasteiger partial charge is 0.416 e. The zero-order chi connectivity index (χ0) is 27.0. The number of hydrogen-bond donors (Lipinski definition) is 1. The van der Waals surface area contributed by atoms with Crippen molar-refractivity contribution in [1.82, 2.24) is 15.2 Å². The van der Waals surface area contributed by atoms with E-state index in [1.54, 1.807) is 12.1 Å². The van der Waals surface area contributed by atoms with E-state index in [1.165, 1.54) is 18.3 Å². The van der Waals surface area contributed by atoms with Crippen molar-refractivity contribution in [3.8, 4) is 23.0 Å². The molecule has 0 saturated heterocycles. The topological polar surface area (TPSA) is 68.1 Å². The summed E-state index contributed by atoms with van der Waals surface area (Å²) in [7, 11) is 0. The minimum absolute atomic E-state index is 0.0327. The van der Waals surface area contributed by atoms with Crippen LogP contribution in [0.5, 0.6) is 11.8 Å². The summed E-state index contributed by atoms with van der Waals surface area (Å²) in [6.45, 7) is 0. The predicted molar refractivity (Wildman–Crippen MR) is 128 cm³/mol. The molecule has 0 unspecified atom stereocenters. The second-order valence-electron chi connectivity index (χ2n) is 7.66. The Bertz CT molecular complexity index is 1350. The number of aromatic hydroxyl groups is 1. The van der Waals surface area contributed by atoms with Crippen molar-refractivity contribution < 1.29 is 36.2 Å². The van der Waals surface area contributed by atoms with Gasteiger partial charge in [-0.25, -0.2) is 4.98 Å². The van der Waals surface area contributed by atoms with E-state index in [1.807, 2.05) is 0 Å². The molecule has 37 heavy (non-hydrogen) atoms. The van der Waals surface area contributed by atoms with Crippen molar-refractivity contribution in [3.63, 3.8) is 0 Å².